The monoisotopic (exact) mass is 263 g/mol. The average Bonchev–Trinajstić information content (AvgIpc) is 3.16. The van der Waals surface area contributed by atoms with E-state index in [9.17, 15) is 0 Å². The van der Waals surface area contributed by atoms with Crippen LogP contribution in [0, 0.1) is 0 Å². The molecule has 0 bridgehead atoms. The first-order chi connectivity index (χ1) is 9.90. The molecule has 4 heteroatoms. The lowest BCUT2D eigenvalue weighted by atomic mass is 10.2. The Morgan fingerprint density at radius 3 is 2.80 bits per heavy atom. The first-order valence-corrected chi connectivity index (χ1v) is 6.55. The summed E-state index contributed by atoms with van der Waals surface area (Å²) in [6.45, 7) is 0.769. The summed E-state index contributed by atoms with van der Waals surface area (Å²) < 4.78 is 0. The summed E-state index contributed by atoms with van der Waals surface area (Å²) in [5.41, 5.74) is 4.08. The predicted molar refractivity (Wildman–Crippen MR) is 79.1 cm³/mol. The molecular weight excluding hydrogens is 250 g/mol. The number of fused-ring (bicyclic) bond motifs is 1. The molecule has 20 heavy (non-hydrogen) atoms. The molecular formula is C16H13N3O. The van der Waals surface area contributed by atoms with E-state index < -0.39 is 0 Å². The predicted octanol–water partition coefficient (Wildman–Crippen LogP) is 3.50. The average molecular weight is 263 g/mol. The Morgan fingerprint density at radius 1 is 1.10 bits per heavy atom. The first kappa shape index (κ1) is 11.1. The molecule has 4 rings (SSSR count). The number of nitrogens with zero attached hydrogens (tertiary/aromatic N) is 2. The third-order valence-electron chi connectivity index (χ3n) is 3.36. The Hall–Kier alpha value is -2.75. The Morgan fingerprint density at radius 2 is 2.00 bits per heavy atom. The molecule has 0 aliphatic carbocycles. The summed E-state index contributed by atoms with van der Waals surface area (Å²) in [5.74, 6) is 0.887. The molecule has 1 aromatic heterocycles. The lowest BCUT2D eigenvalue weighted by Crippen LogP contribution is -2.15. The maximum atomic E-state index is 5.40. The van der Waals surface area contributed by atoms with Gasteiger partial charge in [-0.15, -0.1) is 0 Å². The van der Waals surface area contributed by atoms with Gasteiger partial charge in [-0.1, -0.05) is 30.3 Å². The number of aromatic nitrogens is 2. The molecule has 0 amide bonds. The van der Waals surface area contributed by atoms with Crippen LogP contribution in [0.1, 0.15) is 0 Å². The van der Waals surface area contributed by atoms with Crippen LogP contribution in [-0.4, -0.2) is 16.5 Å². The highest BCUT2D eigenvalue weighted by atomic mass is 16.7. The number of imidazole rings is 1. The Kier molecular flexibility index (Phi) is 2.45. The maximum absolute atomic E-state index is 5.40. The van der Waals surface area contributed by atoms with E-state index in [0.29, 0.717) is 0 Å². The van der Waals surface area contributed by atoms with Gasteiger partial charge in [0, 0.05) is 5.56 Å². The van der Waals surface area contributed by atoms with Crippen molar-refractivity contribution in [2.45, 2.75) is 0 Å². The van der Waals surface area contributed by atoms with Crippen LogP contribution in [0.15, 0.2) is 60.9 Å². The van der Waals surface area contributed by atoms with Crippen molar-refractivity contribution in [2.24, 2.45) is 0 Å². The third-order valence-corrected chi connectivity index (χ3v) is 3.36. The van der Waals surface area contributed by atoms with E-state index in [0.717, 1.165) is 34.7 Å². The van der Waals surface area contributed by atoms with Crippen molar-refractivity contribution in [2.75, 3.05) is 11.6 Å². The number of benzene rings is 2. The second-order valence-electron chi connectivity index (χ2n) is 4.69. The fourth-order valence-electron chi connectivity index (χ4n) is 2.35. The molecule has 0 unspecified atom stereocenters. The zero-order valence-corrected chi connectivity index (χ0v) is 10.8. The molecule has 0 radical (unpaired) electrons. The number of H-pyrrole nitrogens is 1. The molecule has 1 aliphatic heterocycles. The Labute approximate surface area is 116 Å². The van der Waals surface area contributed by atoms with E-state index in [4.69, 9.17) is 4.84 Å². The molecule has 0 saturated heterocycles. The van der Waals surface area contributed by atoms with Crippen LogP contribution < -0.4 is 5.06 Å². The minimum Gasteiger partial charge on any atom is -0.387 e. The zero-order chi connectivity index (χ0) is 13.4. The smallest absolute Gasteiger partial charge is 0.138 e. The van der Waals surface area contributed by atoms with Gasteiger partial charge in [0.05, 0.1) is 23.3 Å². The van der Waals surface area contributed by atoms with Crippen LogP contribution >= 0.6 is 0 Å². The summed E-state index contributed by atoms with van der Waals surface area (Å²) in [4.78, 5) is 13.4. The second-order valence-corrected chi connectivity index (χ2v) is 4.69. The standard InChI is InChI=1S/C16H13N3O/c1-2-5-12(6-3-1)16-17-14-8-7-13(11-15(14)18-16)19-9-4-10-20-19/h1-8,10-11H,9H2,(H,17,18). The van der Waals surface area contributed by atoms with Crippen LogP contribution in [0.25, 0.3) is 22.4 Å². The molecule has 2 aromatic carbocycles. The molecule has 4 nitrogen and oxygen atoms in total. The molecule has 1 aliphatic rings. The van der Waals surface area contributed by atoms with Crippen molar-refractivity contribution in [3.8, 4) is 11.4 Å². The van der Waals surface area contributed by atoms with Gasteiger partial charge < -0.3 is 9.82 Å². The summed E-state index contributed by atoms with van der Waals surface area (Å²) in [7, 11) is 0. The van der Waals surface area contributed by atoms with Crippen molar-refractivity contribution in [3.63, 3.8) is 0 Å². The Bertz CT molecular complexity index is 769. The van der Waals surface area contributed by atoms with Crippen molar-refractivity contribution < 1.29 is 4.84 Å². The molecule has 0 fully saturated rings. The molecule has 1 N–H and O–H groups in total. The minimum atomic E-state index is 0.769. The number of aromatic amines is 1. The summed E-state index contributed by atoms with van der Waals surface area (Å²) in [5, 5.41) is 1.84. The van der Waals surface area contributed by atoms with Gasteiger partial charge in [0.1, 0.15) is 12.1 Å². The summed E-state index contributed by atoms with van der Waals surface area (Å²) >= 11 is 0. The number of nitrogens with one attached hydrogen (secondary N) is 1. The molecule has 98 valence electrons. The minimum absolute atomic E-state index is 0.769. The normalized spacial score (nSPS) is 13.9. The van der Waals surface area contributed by atoms with Gasteiger partial charge in [-0.25, -0.2) is 10.0 Å². The molecule has 0 spiro atoms. The van der Waals surface area contributed by atoms with E-state index in [-0.39, 0.29) is 0 Å². The summed E-state index contributed by atoms with van der Waals surface area (Å²) in [6, 6.07) is 16.2. The molecule has 0 saturated carbocycles. The molecule has 3 aromatic rings. The van der Waals surface area contributed by atoms with Gasteiger partial charge in [-0.05, 0) is 24.3 Å². The van der Waals surface area contributed by atoms with Gasteiger partial charge in [0.25, 0.3) is 0 Å². The Balaban J connectivity index is 1.76. The van der Waals surface area contributed by atoms with Crippen molar-refractivity contribution >= 4 is 16.7 Å². The fraction of sp³-hybridized carbons (Fsp3) is 0.0625. The second kappa shape index (κ2) is 4.42. The fourth-order valence-corrected chi connectivity index (χ4v) is 2.35. The molecule has 0 atom stereocenters. The highest BCUT2D eigenvalue weighted by Gasteiger charge is 2.11. The van der Waals surface area contributed by atoms with Crippen molar-refractivity contribution in [1.82, 2.24) is 9.97 Å². The van der Waals surface area contributed by atoms with E-state index in [1.54, 1.807) is 6.26 Å². The SMILES string of the molecule is C1=CON(c2ccc3nc(-c4ccccc4)[nH]c3c2)C1. The molecule has 2 heterocycles. The van der Waals surface area contributed by atoms with Crippen LogP contribution in [0.4, 0.5) is 5.69 Å². The number of hydroxylamine groups is 1. The largest absolute Gasteiger partial charge is 0.387 e. The van der Waals surface area contributed by atoms with Crippen LogP contribution in [0.2, 0.25) is 0 Å². The third kappa shape index (κ3) is 1.82. The van der Waals surface area contributed by atoms with Gasteiger partial charge in [0.15, 0.2) is 0 Å². The lowest BCUT2D eigenvalue weighted by Gasteiger charge is -2.15. The van der Waals surface area contributed by atoms with E-state index in [2.05, 4.69) is 16.0 Å². The zero-order valence-electron chi connectivity index (χ0n) is 10.8. The van der Waals surface area contributed by atoms with Crippen LogP contribution in [0.3, 0.4) is 0 Å². The van der Waals surface area contributed by atoms with E-state index >= 15 is 0 Å². The van der Waals surface area contributed by atoms with E-state index in [1.165, 1.54) is 0 Å². The van der Waals surface area contributed by atoms with Crippen molar-refractivity contribution in [1.29, 1.82) is 0 Å². The van der Waals surface area contributed by atoms with Crippen LogP contribution in [0.5, 0.6) is 0 Å². The van der Waals surface area contributed by atoms with Crippen molar-refractivity contribution in [3.05, 3.63) is 60.9 Å². The maximum Gasteiger partial charge on any atom is 0.138 e. The number of anilines is 1. The van der Waals surface area contributed by atoms with E-state index in [1.807, 2.05) is 53.6 Å². The highest BCUT2D eigenvalue weighted by Crippen LogP contribution is 2.25. The number of rotatable bonds is 2. The summed E-state index contributed by atoms with van der Waals surface area (Å²) in [6.07, 6.45) is 3.68. The highest BCUT2D eigenvalue weighted by molar-refractivity contribution is 5.82. The van der Waals surface area contributed by atoms with Gasteiger partial charge in [0.2, 0.25) is 0 Å². The topological polar surface area (TPSA) is 41.1 Å². The van der Waals surface area contributed by atoms with Gasteiger partial charge >= 0.3 is 0 Å². The van der Waals surface area contributed by atoms with Gasteiger partial charge in [-0.2, -0.15) is 0 Å². The number of hydrogen-bond acceptors (Lipinski definition) is 3. The van der Waals surface area contributed by atoms with Crippen LogP contribution in [-0.2, 0) is 4.84 Å². The number of hydrogen-bond donors (Lipinski definition) is 1. The first-order valence-electron chi connectivity index (χ1n) is 6.55. The quantitative estimate of drug-likeness (QED) is 0.769. The lowest BCUT2D eigenvalue weighted by molar-refractivity contribution is 0.247. The van der Waals surface area contributed by atoms with Gasteiger partial charge in [-0.3, -0.25) is 0 Å².